The van der Waals surface area contributed by atoms with Crippen LogP contribution in [0.25, 0.3) is 0 Å². The topological polar surface area (TPSA) is 17.1 Å². The minimum Gasteiger partial charge on any atom is -0.288 e. The number of hydrogen-bond acceptors (Lipinski definition) is 1. The Bertz CT molecular complexity index is 353. The van der Waals surface area contributed by atoms with Gasteiger partial charge in [-0.2, -0.15) is 0 Å². The first-order valence-corrected chi connectivity index (χ1v) is 4.50. The van der Waals surface area contributed by atoms with Crippen LogP contribution >= 0.6 is 15.9 Å². The van der Waals surface area contributed by atoms with E-state index in [0.717, 1.165) is 6.07 Å². The number of rotatable bonds is 2. The van der Waals surface area contributed by atoms with Crippen LogP contribution in [0.5, 0.6) is 0 Å². The maximum absolute atomic E-state index is 13.1. The Hall–Kier alpha value is -0.840. The van der Waals surface area contributed by atoms with E-state index in [2.05, 4.69) is 15.9 Å². The molecule has 1 rings (SSSR count). The van der Waals surface area contributed by atoms with Crippen molar-refractivity contribution in [2.75, 3.05) is 0 Å². The van der Waals surface area contributed by atoms with Crippen molar-refractivity contribution >= 4 is 21.7 Å². The van der Waals surface area contributed by atoms with E-state index in [4.69, 9.17) is 0 Å². The fourth-order valence-corrected chi connectivity index (χ4v) is 1.79. The van der Waals surface area contributed by atoms with Crippen LogP contribution in [0, 0.1) is 12.7 Å². The van der Waals surface area contributed by atoms with Crippen LogP contribution in [0.2, 0.25) is 0 Å². The minimum atomic E-state index is -3.19. The smallest absolute Gasteiger partial charge is 0.288 e. The van der Waals surface area contributed by atoms with E-state index in [1.54, 1.807) is 6.92 Å². The highest BCUT2D eigenvalue weighted by Gasteiger charge is 2.24. The Labute approximate surface area is 87.1 Å². The van der Waals surface area contributed by atoms with E-state index >= 15 is 0 Å². The first-order chi connectivity index (χ1) is 6.43. The zero-order chi connectivity index (χ0) is 10.9. The lowest BCUT2D eigenvalue weighted by Crippen LogP contribution is -2.13. The lowest BCUT2D eigenvalue weighted by molar-refractivity contribution is 0.0673. The lowest BCUT2D eigenvalue weighted by Gasteiger charge is -2.05. The molecule has 0 unspecified atom stereocenters. The summed E-state index contributed by atoms with van der Waals surface area (Å²) in [5, 5.41) is 0. The van der Waals surface area contributed by atoms with Crippen LogP contribution in [0.3, 0.4) is 0 Å². The van der Waals surface area contributed by atoms with Gasteiger partial charge < -0.3 is 0 Å². The molecule has 0 heterocycles. The summed E-state index contributed by atoms with van der Waals surface area (Å²) >= 11 is 2.87. The van der Waals surface area contributed by atoms with Crippen molar-refractivity contribution < 1.29 is 18.0 Å². The predicted molar refractivity (Wildman–Crippen MR) is 49.2 cm³/mol. The number of halogens is 4. The molecule has 1 nitrogen and oxygen atoms in total. The third kappa shape index (κ3) is 2.15. The van der Waals surface area contributed by atoms with E-state index < -0.39 is 23.6 Å². The molecule has 1 aromatic rings. The van der Waals surface area contributed by atoms with Gasteiger partial charge in [0.05, 0.1) is 5.56 Å². The molecule has 0 saturated heterocycles. The molecule has 76 valence electrons. The quantitative estimate of drug-likeness (QED) is 0.751. The molecule has 0 saturated carbocycles. The predicted octanol–water partition coefficient (Wildman–Crippen LogP) is 3.34. The van der Waals surface area contributed by atoms with Crippen LogP contribution in [-0.4, -0.2) is 12.2 Å². The van der Waals surface area contributed by atoms with Crippen molar-refractivity contribution in [2.24, 2.45) is 0 Å². The molecule has 0 amide bonds. The standard InChI is InChI=1S/C9H6BrF3O/c1-4-2-5(10)7(6(11)3-4)8(14)9(12)13/h2-3,9H,1H3. The fraction of sp³-hybridized carbons (Fsp3) is 0.222. The van der Waals surface area contributed by atoms with Gasteiger partial charge in [0, 0.05) is 4.47 Å². The highest BCUT2D eigenvalue weighted by atomic mass is 79.9. The second kappa shape index (κ2) is 4.13. The maximum Gasteiger partial charge on any atom is 0.300 e. The molecule has 1 aromatic carbocycles. The monoisotopic (exact) mass is 266 g/mol. The van der Waals surface area contributed by atoms with Crippen LogP contribution in [0.15, 0.2) is 16.6 Å². The Morgan fingerprint density at radius 3 is 2.43 bits per heavy atom. The number of aryl methyl sites for hydroxylation is 1. The van der Waals surface area contributed by atoms with Crippen LogP contribution < -0.4 is 0 Å². The summed E-state index contributed by atoms with van der Waals surface area (Å²) in [7, 11) is 0. The molecule has 5 heteroatoms. The van der Waals surface area contributed by atoms with Crippen LogP contribution in [-0.2, 0) is 0 Å². The van der Waals surface area contributed by atoms with Gasteiger partial charge in [-0.25, -0.2) is 13.2 Å². The Balaban J connectivity index is 3.28. The van der Waals surface area contributed by atoms with Gasteiger partial charge in [0.15, 0.2) is 0 Å². The highest BCUT2D eigenvalue weighted by Crippen LogP contribution is 2.24. The van der Waals surface area contributed by atoms with Crippen molar-refractivity contribution in [3.05, 3.63) is 33.5 Å². The first kappa shape index (κ1) is 11.2. The third-order valence-electron chi connectivity index (χ3n) is 1.63. The molecule has 0 atom stereocenters. The SMILES string of the molecule is Cc1cc(F)c(C(=O)C(F)F)c(Br)c1. The largest absolute Gasteiger partial charge is 0.300 e. The number of alkyl halides is 2. The number of carbonyl (C=O) groups is 1. The normalized spacial score (nSPS) is 10.7. The van der Waals surface area contributed by atoms with Crippen LogP contribution in [0.4, 0.5) is 13.2 Å². The average molecular weight is 267 g/mol. The molecule has 0 N–H and O–H groups in total. The van der Waals surface area contributed by atoms with E-state index in [1.807, 2.05) is 0 Å². The summed E-state index contributed by atoms with van der Waals surface area (Å²) in [5.41, 5.74) is -0.0363. The van der Waals surface area contributed by atoms with Gasteiger partial charge in [0.2, 0.25) is 5.78 Å². The van der Waals surface area contributed by atoms with E-state index in [0.29, 0.717) is 5.56 Å². The van der Waals surface area contributed by atoms with Crippen molar-refractivity contribution in [1.82, 2.24) is 0 Å². The van der Waals surface area contributed by atoms with Gasteiger partial charge in [0.1, 0.15) is 5.82 Å². The summed E-state index contributed by atoms with van der Waals surface area (Å²) in [6.45, 7) is 1.60. The van der Waals surface area contributed by atoms with Gasteiger partial charge in [-0.15, -0.1) is 0 Å². The summed E-state index contributed by atoms with van der Waals surface area (Å²) in [6.07, 6.45) is -3.19. The van der Waals surface area contributed by atoms with Gasteiger partial charge in [-0.05, 0) is 40.5 Å². The van der Waals surface area contributed by atoms with Crippen molar-refractivity contribution in [3.63, 3.8) is 0 Å². The van der Waals surface area contributed by atoms with Gasteiger partial charge >= 0.3 is 6.43 Å². The first-order valence-electron chi connectivity index (χ1n) is 3.71. The minimum absolute atomic E-state index is 0.0558. The molecule has 0 spiro atoms. The summed E-state index contributed by atoms with van der Waals surface area (Å²) in [6, 6.07) is 2.46. The number of ketones is 1. The summed E-state index contributed by atoms with van der Waals surface area (Å²) in [4.78, 5) is 10.9. The Morgan fingerprint density at radius 2 is 2.00 bits per heavy atom. The molecular weight excluding hydrogens is 261 g/mol. The van der Waals surface area contributed by atoms with Crippen molar-refractivity contribution in [3.8, 4) is 0 Å². The van der Waals surface area contributed by atoms with Gasteiger partial charge in [-0.3, -0.25) is 4.79 Å². The molecule has 0 fully saturated rings. The van der Waals surface area contributed by atoms with Gasteiger partial charge in [0.25, 0.3) is 0 Å². The molecule has 0 aliphatic heterocycles. The van der Waals surface area contributed by atoms with Crippen LogP contribution in [0.1, 0.15) is 15.9 Å². The highest BCUT2D eigenvalue weighted by molar-refractivity contribution is 9.10. The molecule has 0 aliphatic carbocycles. The fourth-order valence-electron chi connectivity index (χ4n) is 1.04. The van der Waals surface area contributed by atoms with Crippen molar-refractivity contribution in [2.45, 2.75) is 13.3 Å². The van der Waals surface area contributed by atoms with E-state index in [1.165, 1.54) is 6.07 Å². The zero-order valence-electron chi connectivity index (χ0n) is 7.15. The third-order valence-corrected chi connectivity index (χ3v) is 2.26. The Kier molecular flexibility index (Phi) is 3.31. The Morgan fingerprint density at radius 1 is 1.43 bits per heavy atom. The molecule has 0 bridgehead atoms. The number of hydrogen-bond donors (Lipinski definition) is 0. The molecule has 0 aromatic heterocycles. The maximum atomic E-state index is 13.1. The molecule has 0 aliphatic rings. The average Bonchev–Trinajstić information content (AvgIpc) is 2.01. The van der Waals surface area contributed by atoms with Gasteiger partial charge in [-0.1, -0.05) is 0 Å². The number of carbonyl (C=O) groups excluding carboxylic acids is 1. The van der Waals surface area contributed by atoms with E-state index in [9.17, 15) is 18.0 Å². The van der Waals surface area contributed by atoms with E-state index in [-0.39, 0.29) is 4.47 Å². The van der Waals surface area contributed by atoms with Crippen molar-refractivity contribution in [1.29, 1.82) is 0 Å². The molecule has 14 heavy (non-hydrogen) atoms. The second-order valence-electron chi connectivity index (χ2n) is 2.77. The number of benzene rings is 1. The molecular formula is C9H6BrF3O. The summed E-state index contributed by atoms with van der Waals surface area (Å²) in [5.74, 6) is -2.43. The lowest BCUT2D eigenvalue weighted by atomic mass is 10.1. The summed E-state index contributed by atoms with van der Waals surface area (Å²) < 4.78 is 37.3. The zero-order valence-corrected chi connectivity index (χ0v) is 8.74. The number of Topliss-reactive ketones (excluding diaryl/α,β-unsaturated/α-hetero) is 1. The second-order valence-corrected chi connectivity index (χ2v) is 3.62. The molecule has 0 radical (unpaired) electrons.